The van der Waals surface area contributed by atoms with Gasteiger partial charge in [0.05, 0.1) is 5.54 Å². The molecule has 0 spiro atoms. The number of hydrogen-bond donors (Lipinski definition) is 2. The number of halogens is 2. The lowest BCUT2D eigenvalue weighted by molar-refractivity contribution is -0.125. The molecule has 15 heavy (non-hydrogen) atoms. The Kier molecular flexibility index (Phi) is 12.5. The van der Waals surface area contributed by atoms with Crippen LogP contribution >= 0.6 is 24.8 Å². The normalized spacial score (nSPS) is 10.3. The average Bonchev–Trinajstić information content (AvgIpc) is 1.95. The molecular weight excluding hydrogens is 237 g/mol. The van der Waals surface area contributed by atoms with Gasteiger partial charge < -0.3 is 16.0 Å². The lowest BCUT2D eigenvalue weighted by Gasteiger charge is -2.18. The van der Waals surface area contributed by atoms with Crippen molar-refractivity contribution in [2.75, 3.05) is 27.2 Å². The van der Waals surface area contributed by atoms with E-state index in [1.54, 1.807) is 13.8 Å². The first-order valence-corrected chi connectivity index (χ1v) is 4.56. The van der Waals surface area contributed by atoms with Crippen molar-refractivity contribution in [2.24, 2.45) is 5.73 Å². The lowest BCUT2D eigenvalue weighted by Crippen LogP contribution is -2.49. The predicted octanol–water partition coefficient (Wildman–Crippen LogP) is 0.635. The van der Waals surface area contributed by atoms with Crippen molar-refractivity contribution >= 4 is 30.7 Å². The maximum atomic E-state index is 11.3. The first-order valence-electron chi connectivity index (χ1n) is 4.56. The Hall–Kier alpha value is -0.0300. The maximum Gasteiger partial charge on any atom is 0.239 e. The Morgan fingerprint density at radius 3 is 2.13 bits per heavy atom. The second kappa shape index (κ2) is 9.21. The quantitative estimate of drug-likeness (QED) is 0.713. The molecule has 0 aromatic rings. The number of nitrogens with two attached hydrogens (primary N) is 1. The summed E-state index contributed by atoms with van der Waals surface area (Å²) in [5.74, 6) is -0.0914. The molecule has 0 aromatic heterocycles. The zero-order valence-corrected chi connectivity index (χ0v) is 11.5. The predicted molar refractivity (Wildman–Crippen MR) is 68.9 cm³/mol. The third-order valence-electron chi connectivity index (χ3n) is 1.65. The van der Waals surface area contributed by atoms with E-state index in [2.05, 4.69) is 10.2 Å². The molecule has 0 bridgehead atoms. The van der Waals surface area contributed by atoms with E-state index in [9.17, 15) is 4.79 Å². The SMILES string of the molecule is CN(C)CCCNC(=O)C(C)(C)N.Cl.Cl. The molecule has 0 fully saturated rings. The third kappa shape index (κ3) is 11.9. The monoisotopic (exact) mass is 259 g/mol. The lowest BCUT2D eigenvalue weighted by atomic mass is 10.1. The summed E-state index contributed by atoms with van der Waals surface area (Å²) in [4.78, 5) is 13.3. The highest BCUT2D eigenvalue weighted by molar-refractivity contribution is 5.85. The van der Waals surface area contributed by atoms with Gasteiger partial charge >= 0.3 is 0 Å². The van der Waals surface area contributed by atoms with Gasteiger partial charge in [-0.2, -0.15) is 0 Å². The van der Waals surface area contributed by atoms with Crippen molar-refractivity contribution in [3.8, 4) is 0 Å². The maximum absolute atomic E-state index is 11.3. The number of nitrogens with one attached hydrogen (secondary N) is 1. The van der Waals surface area contributed by atoms with Crippen LogP contribution in [0.25, 0.3) is 0 Å². The van der Waals surface area contributed by atoms with Gasteiger partial charge in [-0.1, -0.05) is 0 Å². The molecule has 0 saturated carbocycles. The van der Waals surface area contributed by atoms with E-state index in [4.69, 9.17) is 5.73 Å². The summed E-state index contributed by atoms with van der Waals surface area (Å²) >= 11 is 0. The van der Waals surface area contributed by atoms with Crippen LogP contribution in [0.1, 0.15) is 20.3 Å². The fourth-order valence-corrected chi connectivity index (χ4v) is 0.825. The summed E-state index contributed by atoms with van der Waals surface area (Å²) in [6.45, 7) is 5.07. The number of rotatable bonds is 5. The number of amides is 1. The van der Waals surface area contributed by atoms with E-state index in [1.165, 1.54) is 0 Å². The third-order valence-corrected chi connectivity index (χ3v) is 1.65. The molecule has 0 unspecified atom stereocenters. The number of nitrogens with zero attached hydrogens (tertiary/aromatic N) is 1. The Labute approximate surface area is 105 Å². The summed E-state index contributed by atoms with van der Waals surface area (Å²) in [5, 5.41) is 2.79. The average molecular weight is 260 g/mol. The molecule has 94 valence electrons. The standard InChI is InChI=1S/C9H21N3O.2ClH/c1-9(2,10)8(13)11-6-5-7-12(3)4;;/h5-7,10H2,1-4H3,(H,11,13);2*1H. The van der Waals surface area contributed by atoms with Crippen molar-refractivity contribution in [1.29, 1.82) is 0 Å². The van der Waals surface area contributed by atoms with Gasteiger partial charge in [-0.25, -0.2) is 0 Å². The highest BCUT2D eigenvalue weighted by Crippen LogP contribution is 1.95. The van der Waals surface area contributed by atoms with Gasteiger partial charge in [0.25, 0.3) is 0 Å². The van der Waals surface area contributed by atoms with Crippen LogP contribution in [0.4, 0.5) is 0 Å². The van der Waals surface area contributed by atoms with Gasteiger partial charge in [-0.3, -0.25) is 4.79 Å². The van der Waals surface area contributed by atoms with Crippen molar-refractivity contribution in [2.45, 2.75) is 25.8 Å². The second-order valence-corrected chi connectivity index (χ2v) is 4.13. The summed E-state index contributed by atoms with van der Waals surface area (Å²) in [6, 6.07) is 0. The van der Waals surface area contributed by atoms with Gasteiger partial charge in [-0.05, 0) is 40.9 Å². The van der Waals surface area contributed by atoms with E-state index in [0.29, 0.717) is 6.54 Å². The Balaban J connectivity index is -0.000000720. The van der Waals surface area contributed by atoms with E-state index < -0.39 is 5.54 Å². The minimum atomic E-state index is -0.766. The Bertz CT molecular complexity index is 169. The summed E-state index contributed by atoms with van der Waals surface area (Å²) in [6.07, 6.45) is 0.953. The van der Waals surface area contributed by atoms with Crippen LogP contribution < -0.4 is 11.1 Å². The highest BCUT2D eigenvalue weighted by atomic mass is 35.5. The van der Waals surface area contributed by atoms with E-state index in [-0.39, 0.29) is 30.7 Å². The van der Waals surface area contributed by atoms with Gasteiger partial charge in [0.1, 0.15) is 0 Å². The number of carbonyl (C=O) groups is 1. The summed E-state index contributed by atoms with van der Waals surface area (Å²) in [5.41, 5.74) is 4.83. The fraction of sp³-hybridized carbons (Fsp3) is 0.889. The molecule has 0 aliphatic heterocycles. The van der Waals surface area contributed by atoms with E-state index in [1.807, 2.05) is 14.1 Å². The molecule has 0 atom stereocenters. The second-order valence-electron chi connectivity index (χ2n) is 4.13. The minimum Gasteiger partial charge on any atom is -0.354 e. The van der Waals surface area contributed by atoms with E-state index in [0.717, 1.165) is 13.0 Å². The molecule has 0 heterocycles. The van der Waals surface area contributed by atoms with Crippen LogP contribution in [0.15, 0.2) is 0 Å². The van der Waals surface area contributed by atoms with Gasteiger partial charge in [-0.15, -0.1) is 24.8 Å². The van der Waals surface area contributed by atoms with Gasteiger partial charge in [0.15, 0.2) is 0 Å². The molecule has 0 radical (unpaired) electrons. The van der Waals surface area contributed by atoms with Crippen molar-refractivity contribution in [3.63, 3.8) is 0 Å². The molecule has 1 amide bonds. The first-order chi connectivity index (χ1) is 5.84. The smallest absolute Gasteiger partial charge is 0.239 e. The first kappa shape index (κ1) is 20.4. The van der Waals surface area contributed by atoms with Crippen LogP contribution in [-0.2, 0) is 4.79 Å². The molecular formula is C9H23Cl2N3O. The molecule has 0 saturated heterocycles. The molecule has 3 N–H and O–H groups in total. The largest absolute Gasteiger partial charge is 0.354 e. The molecule has 4 nitrogen and oxygen atoms in total. The molecule has 6 heteroatoms. The van der Waals surface area contributed by atoms with Crippen LogP contribution in [-0.4, -0.2) is 43.5 Å². The topological polar surface area (TPSA) is 58.4 Å². The molecule has 0 aliphatic rings. The van der Waals surface area contributed by atoms with Crippen LogP contribution in [0.5, 0.6) is 0 Å². The minimum absolute atomic E-state index is 0. The molecule has 0 rings (SSSR count). The Morgan fingerprint density at radius 2 is 1.80 bits per heavy atom. The highest BCUT2D eigenvalue weighted by Gasteiger charge is 2.20. The molecule has 0 aliphatic carbocycles. The van der Waals surface area contributed by atoms with Crippen molar-refractivity contribution in [3.05, 3.63) is 0 Å². The van der Waals surface area contributed by atoms with Gasteiger partial charge in [0.2, 0.25) is 5.91 Å². The van der Waals surface area contributed by atoms with Gasteiger partial charge in [0, 0.05) is 6.54 Å². The van der Waals surface area contributed by atoms with Crippen LogP contribution in [0.2, 0.25) is 0 Å². The van der Waals surface area contributed by atoms with Crippen LogP contribution in [0.3, 0.4) is 0 Å². The Morgan fingerprint density at radius 1 is 1.33 bits per heavy atom. The van der Waals surface area contributed by atoms with Crippen molar-refractivity contribution < 1.29 is 4.79 Å². The van der Waals surface area contributed by atoms with E-state index >= 15 is 0 Å². The molecule has 0 aromatic carbocycles. The van der Waals surface area contributed by atoms with Crippen LogP contribution in [0, 0.1) is 0 Å². The van der Waals surface area contributed by atoms with Crippen molar-refractivity contribution in [1.82, 2.24) is 10.2 Å². The number of hydrogen-bond acceptors (Lipinski definition) is 3. The number of carbonyl (C=O) groups excluding carboxylic acids is 1. The zero-order chi connectivity index (χ0) is 10.5. The fourth-order valence-electron chi connectivity index (χ4n) is 0.825. The summed E-state index contributed by atoms with van der Waals surface area (Å²) < 4.78 is 0. The summed E-state index contributed by atoms with van der Waals surface area (Å²) in [7, 11) is 4.02. The zero-order valence-electron chi connectivity index (χ0n) is 9.87.